The summed E-state index contributed by atoms with van der Waals surface area (Å²) in [7, 11) is 1.63. The second-order valence-corrected chi connectivity index (χ2v) is 6.66. The predicted octanol–water partition coefficient (Wildman–Crippen LogP) is 4.86. The van der Waals surface area contributed by atoms with E-state index in [0.717, 1.165) is 21.3 Å². The quantitative estimate of drug-likeness (QED) is 0.521. The Morgan fingerprint density at radius 1 is 1.08 bits per heavy atom. The molecule has 1 aromatic heterocycles. The Kier molecular flexibility index (Phi) is 6.02. The largest absolute Gasteiger partial charge is 0.497 e. The first-order valence-electron chi connectivity index (χ1n) is 8.13. The Labute approximate surface area is 160 Å². The van der Waals surface area contributed by atoms with Crippen LogP contribution in [0.15, 0.2) is 71.5 Å². The molecule has 5 heteroatoms. The number of halogens is 1. The Balaban J connectivity index is 1.78. The van der Waals surface area contributed by atoms with Gasteiger partial charge in [-0.3, -0.25) is 9.78 Å². The summed E-state index contributed by atoms with van der Waals surface area (Å²) in [6.45, 7) is 0.353. The van der Waals surface area contributed by atoms with Crippen molar-refractivity contribution in [1.82, 2.24) is 4.98 Å². The van der Waals surface area contributed by atoms with Crippen LogP contribution in [0.2, 0.25) is 0 Å². The zero-order chi connectivity index (χ0) is 18.4. The van der Waals surface area contributed by atoms with E-state index < -0.39 is 0 Å². The van der Waals surface area contributed by atoms with Crippen LogP contribution >= 0.6 is 15.9 Å². The molecule has 3 aromatic rings. The summed E-state index contributed by atoms with van der Waals surface area (Å²) in [5, 5.41) is 0. The monoisotopic (exact) mass is 411 g/mol. The SMILES string of the molecule is COc1cccc(COc2ccc(Br)cc2C(=O)Cc2cccnc2)c1. The zero-order valence-electron chi connectivity index (χ0n) is 14.3. The molecule has 0 spiro atoms. The third-order valence-electron chi connectivity index (χ3n) is 3.86. The normalized spacial score (nSPS) is 10.4. The van der Waals surface area contributed by atoms with E-state index in [-0.39, 0.29) is 12.2 Å². The molecule has 0 aliphatic rings. The van der Waals surface area contributed by atoms with Crippen molar-refractivity contribution in [2.24, 2.45) is 0 Å². The molecule has 0 aliphatic carbocycles. The summed E-state index contributed by atoms with van der Waals surface area (Å²) in [5.74, 6) is 1.32. The molecule has 132 valence electrons. The van der Waals surface area contributed by atoms with E-state index in [9.17, 15) is 4.79 Å². The van der Waals surface area contributed by atoms with Crippen molar-refractivity contribution in [3.63, 3.8) is 0 Å². The van der Waals surface area contributed by atoms with E-state index in [1.54, 1.807) is 31.6 Å². The van der Waals surface area contributed by atoms with Crippen LogP contribution in [-0.4, -0.2) is 17.9 Å². The number of ether oxygens (including phenoxy) is 2. The smallest absolute Gasteiger partial charge is 0.171 e. The fourth-order valence-corrected chi connectivity index (χ4v) is 2.91. The van der Waals surface area contributed by atoms with Crippen LogP contribution in [0.3, 0.4) is 0 Å². The highest BCUT2D eigenvalue weighted by Crippen LogP contribution is 2.26. The van der Waals surface area contributed by atoms with Crippen molar-refractivity contribution in [3.8, 4) is 11.5 Å². The summed E-state index contributed by atoms with van der Waals surface area (Å²) in [4.78, 5) is 16.8. The lowest BCUT2D eigenvalue weighted by atomic mass is 10.0. The minimum Gasteiger partial charge on any atom is -0.497 e. The van der Waals surface area contributed by atoms with E-state index >= 15 is 0 Å². The standard InChI is InChI=1S/C21H18BrNO3/c1-25-18-6-2-4-16(10-18)14-26-21-8-7-17(22)12-19(21)20(24)11-15-5-3-9-23-13-15/h2-10,12-13H,11,14H2,1H3. The van der Waals surface area contributed by atoms with Crippen LogP contribution in [0.1, 0.15) is 21.5 Å². The third-order valence-corrected chi connectivity index (χ3v) is 4.35. The number of aromatic nitrogens is 1. The molecule has 0 atom stereocenters. The molecule has 4 nitrogen and oxygen atoms in total. The van der Waals surface area contributed by atoms with Crippen molar-refractivity contribution < 1.29 is 14.3 Å². The molecular weight excluding hydrogens is 394 g/mol. The van der Waals surface area contributed by atoms with Crippen LogP contribution in [0.4, 0.5) is 0 Å². The summed E-state index contributed by atoms with van der Waals surface area (Å²) < 4.78 is 12.0. The number of nitrogens with zero attached hydrogens (tertiary/aromatic N) is 1. The first-order valence-corrected chi connectivity index (χ1v) is 8.92. The van der Waals surface area contributed by atoms with Crippen molar-refractivity contribution in [3.05, 3.63) is 88.2 Å². The van der Waals surface area contributed by atoms with Gasteiger partial charge in [0.15, 0.2) is 5.78 Å². The van der Waals surface area contributed by atoms with Gasteiger partial charge in [-0.25, -0.2) is 0 Å². The minimum absolute atomic E-state index is 0.0139. The van der Waals surface area contributed by atoms with Crippen LogP contribution in [0, 0.1) is 0 Å². The number of ketones is 1. The molecule has 0 radical (unpaired) electrons. The Hall–Kier alpha value is -2.66. The van der Waals surface area contributed by atoms with Gasteiger partial charge in [0.05, 0.1) is 12.7 Å². The van der Waals surface area contributed by atoms with Crippen molar-refractivity contribution in [1.29, 1.82) is 0 Å². The highest BCUT2D eigenvalue weighted by Gasteiger charge is 2.14. The van der Waals surface area contributed by atoms with Gasteiger partial charge >= 0.3 is 0 Å². The van der Waals surface area contributed by atoms with Crippen molar-refractivity contribution in [2.45, 2.75) is 13.0 Å². The summed E-state index contributed by atoms with van der Waals surface area (Å²) >= 11 is 3.43. The van der Waals surface area contributed by atoms with Crippen LogP contribution in [0.5, 0.6) is 11.5 Å². The fourth-order valence-electron chi connectivity index (χ4n) is 2.55. The molecule has 0 amide bonds. The van der Waals surface area contributed by atoms with Gasteiger partial charge in [-0.1, -0.05) is 34.1 Å². The maximum absolute atomic E-state index is 12.8. The number of benzene rings is 2. The van der Waals surface area contributed by atoms with E-state index in [1.165, 1.54) is 0 Å². The number of Topliss-reactive ketones (excluding diaryl/α,β-unsaturated/α-hetero) is 1. The molecule has 0 unspecified atom stereocenters. The van der Waals surface area contributed by atoms with Gasteiger partial charge in [0.1, 0.15) is 18.1 Å². The van der Waals surface area contributed by atoms with Crippen molar-refractivity contribution >= 4 is 21.7 Å². The first kappa shape index (κ1) is 18.1. The third kappa shape index (κ3) is 4.70. The lowest BCUT2D eigenvalue weighted by molar-refractivity contribution is 0.0988. The lowest BCUT2D eigenvalue weighted by Crippen LogP contribution is -2.07. The van der Waals surface area contributed by atoms with E-state index in [2.05, 4.69) is 20.9 Å². The van der Waals surface area contributed by atoms with E-state index in [4.69, 9.17) is 9.47 Å². The van der Waals surface area contributed by atoms with Gasteiger partial charge in [0.2, 0.25) is 0 Å². The van der Waals surface area contributed by atoms with E-state index in [1.807, 2.05) is 42.5 Å². The Bertz CT molecular complexity index is 897. The number of hydrogen-bond donors (Lipinski definition) is 0. The molecule has 0 aliphatic heterocycles. The summed E-state index contributed by atoms with van der Waals surface area (Å²) in [5.41, 5.74) is 2.39. The number of carbonyl (C=O) groups is 1. The van der Waals surface area contributed by atoms with Crippen LogP contribution in [0.25, 0.3) is 0 Å². The molecular formula is C21H18BrNO3. The maximum atomic E-state index is 12.8. The first-order chi connectivity index (χ1) is 12.7. The second-order valence-electron chi connectivity index (χ2n) is 5.74. The van der Waals surface area contributed by atoms with Gasteiger partial charge in [-0.05, 0) is 47.5 Å². The van der Waals surface area contributed by atoms with Gasteiger partial charge in [0, 0.05) is 23.3 Å². The van der Waals surface area contributed by atoms with Crippen LogP contribution < -0.4 is 9.47 Å². The fraction of sp³-hybridized carbons (Fsp3) is 0.143. The Morgan fingerprint density at radius 2 is 1.92 bits per heavy atom. The molecule has 0 saturated carbocycles. The predicted molar refractivity (Wildman–Crippen MR) is 104 cm³/mol. The highest BCUT2D eigenvalue weighted by molar-refractivity contribution is 9.10. The van der Waals surface area contributed by atoms with Gasteiger partial charge < -0.3 is 9.47 Å². The molecule has 0 fully saturated rings. The van der Waals surface area contributed by atoms with Gasteiger partial charge in [-0.15, -0.1) is 0 Å². The lowest BCUT2D eigenvalue weighted by Gasteiger charge is -2.12. The average molecular weight is 412 g/mol. The van der Waals surface area contributed by atoms with Crippen molar-refractivity contribution in [2.75, 3.05) is 7.11 Å². The number of rotatable bonds is 7. The zero-order valence-corrected chi connectivity index (χ0v) is 15.9. The van der Waals surface area contributed by atoms with Gasteiger partial charge in [-0.2, -0.15) is 0 Å². The highest BCUT2D eigenvalue weighted by atomic mass is 79.9. The number of methoxy groups -OCH3 is 1. The molecule has 0 bridgehead atoms. The molecule has 26 heavy (non-hydrogen) atoms. The second kappa shape index (κ2) is 8.63. The van der Waals surface area contributed by atoms with Gasteiger partial charge in [0.25, 0.3) is 0 Å². The number of pyridine rings is 1. The number of hydrogen-bond acceptors (Lipinski definition) is 4. The molecule has 3 rings (SSSR count). The minimum atomic E-state index is -0.0139. The number of carbonyl (C=O) groups excluding carboxylic acids is 1. The average Bonchev–Trinajstić information content (AvgIpc) is 2.68. The molecule has 0 N–H and O–H groups in total. The topological polar surface area (TPSA) is 48.4 Å². The maximum Gasteiger partial charge on any atom is 0.171 e. The summed E-state index contributed by atoms with van der Waals surface area (Å²) in [6, 6.07) is 16.8. The summed E-state index contributed by atoms with van der Waals surface area (Å²) in [6.07, 6.45) is 3.67. The molecule has 2 aromatic carbocycles. The Morgan fingerprint density at radius 3 is 2.69 bits per heavy atom. The molecule has 1 heterocycles. The van der Waals surface area contributed by atoms with Crippen LogP contribution in [-0.2, 0) is 13.0 Å². The van der Waals surface area contributed by atoms with E-state index in [0.29, 0.717) is 17.9 Å². The molecule has 0 saturated heterocycles.